The van der Waals surface area contributed by atoms with Crippen LogP contribution in [0.1, 0.15) is 28.7 Å². The van der Waals surface area contributed by atoms with E-state index in [1.807, 2.05) is 48.9 Å². The normalized spacial score (nSPS) is 10.6. The largest absolute Gasteiger partial charge is 0.294 e. The van der Waals surface area contributed by atoms with E-state index in [9.17, 15) is 4.79 Å². The zero-order chi connectivity index (χ0) is 13.1. The molecule has 0 unspecified atom stereocenters. The minimum atomic E-state index is 0.117. The number of aryl methyl sites for hydroxylation is 2. The fraction of sp³-hybridized carbons (Fsp3) is 0.286. The van der Waals surface area contributed by atoms with Crippen molar-refractivity contribution in [2.75, 3.05) is 0 Å². The third-order valence-corrected chi connectivity index (χ3v) is 3.91. The van der Waals surface area contributed by atoms with Crippen LogP contribution in [0, 0.1) is 6.92 Å². The molecule has 0 saturated carbocycles. The Bertz CT molecular complexity index is 561. The molecule has 0 N–H and O–H groups in total. The molecule has 0 aliphatic carbocycles. The van der Waals surface area contributed by atoms with Crippen molar-refractivity contribution < 1.29 is 4.79 Å². The van der Waals surface area contributed by atoms with Crippen LogP contribution in [0.3, 0.4) is 0 Å². The van der Waals surface area contributed by atoms with Crippen LogP contribution in [0.5, 0.6) is 0 Å². The molecule has 18 heavy (non-hydrogen) atoms. The van der Waals surface area contributed by atoms with E-state index in [4.69, 9.17) is 0 Å². The lowest BCUT2D eigenvalue weighted by atomic mass is 10.1. The Morgan fingerprint density at radius 1 is 1.33 bits per heavy atom. The number of benzene rings is 1. The summed E-state index contributed by atoms with van der Waals surface area (Å²) in [5, 5.41) is 4.39. The monoisotopic (exact) mass is 306 g/mol. The van der Waals surface area contributed by atoms with Gasteiger partial charge < -0.3 is 0 Å². The van der Waals surface area contributed by atoms with Crippen LogP contribution in [-0.2, 0) is 13.0 Å². The second-order valence-electron chi connectivity index (χ2n) is 4.13. The van der Waals surface area contributed by atoms with Crippen molar-refractivity contribution in [3.63, 3.8) is 0 Å². The molecule has 0 fully saturated rings. The van der Waals surface area contributed by atoms with Gasteiger partial charge in [-0.1, -0.05) is 30.3 Å². The summed E-state index contributed by atoms with van der Waals surface area (Å²) in [6.45, 7) is 4.73. The minimum Gasteiger partial charge on any atom is -0.294 e. The SMILES string of the molecule is CCn1nc(C)c(Br)c1CC(=O)c1ccccc1. The molecule has 1 heterocycles. The second-order valence-corrected chi connectivity index (χ2v) is 4.92. The summed E-state index contributed by atoms with van der Waals surface area (Å²) in [6, 6.07) is 9.36. The number of hydrogen-bond acceptors (Lipinski definition) is 2. The van der Waals surface area contributed by atoms with Crippen LogP contribution >= 0.6 is 15.9 Å². The van der Waals surface area contributed by atoms with Crippen LogP contribution in [0.25, 0.3) is 0 Å². The summed E-state index contributed by atoms with van der Waals surface area (Å²) >= 11 is 3.51. The molecule has 3 nitrogen and oxygen atoms in total. The van der Waals surface area contributed by atoms with Crippen LogP contribution in [0.15, 0.2) is 34.8 Å². The molecule has 0 saturated heterocycles. The Morgan fingerprint density at radius 3 is 2.61 bits per heavy atom. The van der Waals surface area contributed by atoms with E-state index in [1.54, 1.807) is 0 Å². The minimum absolute atomic E-state index is 0.117. The van der Waals surface area contributed by atoms with Crippen molar-refractivity contribution in [3.8, 4) is 0 Å². The van der Waals surface area contributed by atoms with Gasteiger partial charge in [0.1, 0.15) is 0 Å². The number of halogens is 1. The molecule has 0 aliphatic heterocycles. The van der Waals surface area contributed by atoms with Crippen LogP contribution < -0.4 is 0 Å². The summed E-state index contributed by atoms with van der Waals surface area (Å²) in [5.41, 5.74) is 2.61. The maximum atomic E-state index is 12.2. The van der Waals surface area contributed by atoms with E-state index in [0.717, 1.165) is 28.0 Å². The Hall–Kier alpha value is -1.42. The average Bonchev–Trinajstić information content (AvgIpc) is 2.67. The second kappa shape index (κ2) is 5.48. The maximum absolute atomic E-state index is 12.2. The quantitative estimate of drug-likeness (QED) is 0.812. The molecule has 94 valence electrons. The smallest absolute Gasteiger partial charge is 0.168 e. The highest BCUT2D eigenvalue weighted by Crippen LogP contribution is 2.22. The fourth-order valence-corrected chi connectivity index (χ4v) is 2.34. The molecule has 1 aromatic heterocycles. The van der Waals surface area contributed by atoms with Gasteiger partial charge in [-0.3, -0.25) is 9.48 Å². The van der Waals surface area contributed by atoms with Crippen LogP contribution in [-0.4, -0.2) is 15.6 Å². The standard InChI is InChI=1S/C14H15BrN2O/c1-3-17-12(14(15)10(2)16-17)9-13(18)11-7-5-4-6-8-11/h4-8H,3,9H2,1-2H3. The molecule has 2 aromatic rings. The number of aromatic nitrogens is 2. The van der Waals surface area contributed by atoms with Gasteiger partial charge >= 0.3 is 0 Å². The summed E-state index contributed by atoms with van der Waals surface area (Å²) < 4.78 is 2.81. The first-order chi connectivity index (χ1) is 8.63. The first-order valence-electron chi connectivity index (χ1n) is 5.93. The van der Waals surface area contributed by atoms with E-state index in [-0.39, 0.29) is 5.78 Å². The van der Waals surface area contributed by atoms with Crippen molar-refractivity contribution in [3.05, 3.63) is 51.8 Å². The highest BCUT2D eigenvalue weighted by molar-refractivity contribution is 9.10. The van der Waals surface area contributed by atoms with Gasteiger partial charge in [0.25, 0.3) is 0 Å². The first-order valence-corrected chi connectivity index (χ1v) is 6.72. The Morgan fingerprint density at radius 2 is 2.00 bits per heavy atom. The summed E-state index contributed by atoms with van der Waals surface area (Å²) in [6.07, 6.45) is 0.374. The highest BCUT2D eigenvalue weighted by Gasteiger charge is 2.16. The predicted molar refractivity (Wildman–Crippen MR) is 74.8 cm³/mol. The lowest BCUT2D eigenvalue weighted by Crippen LogP contribution is -2.10. The third-order valence-electron chi connectivity index (χ3n) is 2.88. The van der Waals surface area contributed by atoms with E-state index < -0.39 is 0 Å². The van der Waals surface area contributed by atoms with Crippen LogP contribution in [0.4, 0.5) is 0 Å². The first kappa shape index (κ1) is 13.0. The van der Waals surface area contributed by atoms with Crippen LogP contribution in [0.2, 0.25) is 0 Å². The molecule has 0 radical (unpaired) electrons. The highest BCUT2D eigenvalue weighted by atomic mass is 79.9. The van der Waals surface area contributed by atoms with Gasteiger partial charge in [0.15, 0.2) is 5.78 Å². The van der Waals surface area contributed by atoms with Gasteiger partial charge in [-0.15, -0.1) is 0 Å². The van der Waals surface area contributed by atoms with E-state index in [1.165, 1.54) is 0 Å². The molecule has 0 aliphatic rings. The van der Waals surface area contributed by atoms with E-state index >= 15 is 0 Å². The molecule has 2 rings (SSSR count). The number of ketones is 1. The van der Waals surface area contributed by atoms with Gasteiger partial charge in [0, 0.05) is 12.1 Å². The summed E-state index contributed by atoms with van der Waals surface area (Å²) in [4.78, 5) is 12.2. The number of hydrogen-bond donors (Lipinski definition) is 0. The number of carbonyl (C=O) groups is 1. The van der Waals surface area contributed by atoms with Gasteiger partial charge in [0.2, 0.25) is 0 Å². The van der Waals surface area contributed by atoms with Gasteiger partial charge in [-0.05, 0) is 29.8 Å². The number of rotatable bonds is 4. The molecule has 0 atom stereocenters. The maximum Gasteiger partial charge on any atom is 0.168 e. The topological polar surface area (TPSA) is 34.9 Å². The number of Topliss-reactive ketones (excluding diaryl/α,β-unsaturated/α-hetero) is 1. The predicted octanol–water partition coefficient (Wildman–Crippen LogP) is 3.40. The Balaban J connectivity index is 2.27. The molecule has 0 bridgehead atoms. The molecule has 4 heteroatoms. The third kappa shape index (κ3) is 2.53. The zero-order valence-corrected chi connectivity index (χ0v) is 12.1. The van der Waals surface area contributed by atoms with E-state index in [2.05, 4.69) is 21.0 Å². The van der Waals surface area contributed by atoms with Crippen molar-refractivity contribution in [1.29, 1.82) is 0 Å². The Kier molecular flexibility index (Phi) is 3.97. The molecule has 1 aromatic carbocycles. The fourth-order valence-electron chi connectivity index (χ4n) is 1.92. The lowest BCUT2D eigenvalue weighted by Gasteiger charge is -2.05. The van der Waals surface area contributed by atoms with Gasteiger partial charge in [-0.25, -0.2) is 0 Å². The number of nitrogens with zero attached hydrogens (tertiary/aromatic N) is 2. The van der Waals surface area contributed by atoms with Gasteiger partial charge in [0.05, 0.1) is 22.3 Å². The van der Waals surface area contributed by atoms with E-state index in [0.29, 0.717) is 6.42 Å². The molecular formula is C14H15BrN2O. The molecule has 0 amide bonds. The van der Waals surface area contributed by atoms with Gasteiger partial charge in [-0.2, -0.15) is 5.10 Å². The lowest BCUT2D eigenvalue weighted by molar-refractivity contribution is 0.0990. The number of carbonyl (C=O) groups excluding carboxylic acids is 1. The van der Waals surface area contributed by atoms with Crippen molar-refractivity contribution >= 4 is 21.7 Å². The summed E-state index contributed by atoms with van der Waals surface area (Å²) in [7, 11) is 0. The average molecular weight is 307 g/mol. The molecular weight excluding hydrogens is 292 g/mol. The van der Waals surface area contributed by atoms with Crippen molar-refractivity contribution in [2.24, 2.45) is 0 Å². The Labute approximate surface area is 115 Å². The molecule has 0 spiro atoms. The summed E-state index contributed by atoms with van der Waals surface area (Å²) in [5.74, 6) is 0.117. The van der Waals surface area contributed by atoms with Crippen molar-refractivity contribution in [1.82, 2.24) is 9.78 Å². The zero-order valence-electron chi connectivity index (χ0n) is 10.5. The van der Waals surface area contributed by atoms with Crippen molar-refractivity contribution in [2.45, 2.75) is 26.8 Å².